The predicted octanol–water partition coefficient (Wildman–Crippen LogP) is 2.79. The Labute approximate surface area is 188 Å². The summed E-state index contributed by atoms with van der Waals surface area (Å²) in [5.41, 5.74) is 1.09. The van der Waals surface area contributed by atoms with Gasteiger partial charge in [0.2, 0.25) is 10.0 Å². The van der Waals surface area contributed by atoms with E-state index in [-0.39, 0.29) is 43.1 Å². The molecule has 2 aromatic rings. The van der Waals surface area contributed by atoms with Crippen LogP contribution in [-0.2, 0) is 19.6 Å². The maximum Gasteiger partial charge on any atom is 0.309 e. The fraction of sp³-hybridized carbons (Fsp3) is 0.435. The van der Waals surface area contributed by atoms with Crippen LogP contribution in [0.3, 0.4) is 0 Å². The van der Waals surface area contributed by atoms with E-state index in [9.17, 15) is 13.2 Å². The van der Waals surface area contributed by atoms with E-state index in [0.717, 1.165) is 11.3 Å². The highest BCUT2D eigenvalue weighted by atomic mass is 32.2. The molecule has 2 aromatic carbocycles. The smallest absolute Gasteiger partial charge is 0.309 e. The van der Waals surface area contributed by atoms with Crippen molar-refractivity contribution in [3.8, 4) is 17.2 Å². The summed E-state index contributed by atoms with van der Waals surface area (Å²) in [4.78, 5) is 12.5. The molecular weight excluding hydrogens is 434 g/mol. The third kappa shape index (κ3) is 5.16. The summed E-state index contributed by atoms with van der Waals surface area (Å²) in [7, 11) is -3.67. The number of carbonyl (C=O) groups is 1. The number of aryl methyl sites for hydroxylation is 1. The van der Waals surface area contributed by atoms with Gasteiger partial charge >= 0.3 is 5.97 Å². The van der Waals surface area contributed by atoms with Crippen molar-refractivity contribution in [2.24, 2.45) is 5.92 Å². The molecule has 0 radical (unpaired) electrons. The molecule has 0 unspecified atom stereocenters. The zero-order valence-corrected chi connectivity index (χ0v) is 18.8. The molecule has 0 spiro atoms. The Morgan fingerprint density at radius 3 is 2.53 bits per heavy atom. The third-order valence-electron chi connectivity index (χ3n) is 5.52. The Kier molecular flexibility index (Phi) is 6.86. The normalized spacial score (nSPS) is 17.0. The number of nitrogens with zero attached hydrogens (tertiary/aromatic N) is 1. The lowest BCUT2D eigenvalue weighted by Crippen LogP contribution is -2.40. The number of sulfonamides is 1. The molecule has 0 bridgehead atoms. The summed E-state index contributed by atoms with van der Waals surface area (Å²) in [5, 5.41) is 0. The monoisotopic (exact) mass is 461 g/mol. The molecular formula is C23H27NO7S. The van der Waals surface area contributed by atoms with Crippen LogP contribution in [-0.4, -0.2) is 58.2 Å². The van der Waals surface area contributed by atoms with E-state index in [0.29, 0.717) is 37.6 Å². The average Bonchev–Trinajstić information content (AvgIpc) is 2.81. The molecule has 32 heavy (non-hydrogen) atoms. The van der Waals surface area contributed by atoms with Crippen molar-refractivity contribution in [3.63, 3.8) is 0 Å². The lowest BCUT2D eigenvalue weighted by Gasteiger charge is -2.30. The highest BCUT2D eigenvalue weighted by molar-refractivity contribution is 7.89. The van der Waals surface area contributed by atoms with Crippen LogP contribution in [0.4, 0.5) is 0 Å². The summed E-state index contributed by atoms with van der Waals surface area (Å²) in [6.07, 6.45) is 0.836. The van der Waals surface area contributed by atoms with Crippen LogP contribution in [0.2, 0.25) is 0 Å². The number of benzene rings is 2. The highest BCUT2D eigenvalue weighted by Crippen LogP contribution is 2.34. The van der Waals surface area contributed by atoms with Gasteiger partial charge in [-0.1, -0.05) is 12.1 Å². The van der Waals surface area contributed by atoms with Gasteiger partial charge in [0.15, 0.2) is 11.5 Å². The first-order valence-corrected chi connectivity index (χ1v) is 12.1. The van der Waals surface area contributed by atoms with Gasteiger partial charge in [0.1, 0.15) is 32.2 Å². The molecule has 8 nitrogen and oxygen atoms in total. The first kappa shape index (κ1) is 22.4. The van der Waals surface area contributed by atoms with Gasteiger partial charge in [-0.2, -0.15) is 4.31 Å². The van der Waals surface area contributed by atoms with E-state index in [1.165, 1.54) is 16.4 Å². The molecule has 0 aromatic heterocycles. The Morgan fingerprint density at radius 2 is 1.78 bits per heavy atom. The van der Waals surface area contributed by atoms with Crippen LogP contribution in [0.15, 0.2) is 47.4 Å². The first-order valence-electron chi connectivity index (χ1n) is 10.7. The van der Waals surface area contributed by atoms with Crippen LogP contribution in [0, 0.1) is 12.8 Å². The van der Waals surface area contributed by atoms with Crippen molar-refractivity contribution in [2.75, 3.05) is 39.5 Å². The second-order valence-electron chi connectivity index (χ2n) is 7.82. The van der Waals surface area contributed by atoms with E-state index < -0.39 is 10.0 Å². The maximum absolute atomic E-state index is 13.0. The second kappa shape index (κ2) is 9.79. The summed E-state index contributed by atoms with van der Waals surface area (Å²) in [6.45, 7) is 3.76. The maximum atomic E-state index is 13.0. The molecule has 172 valence electrons. The second-order valence-corrected chi connectivity index (χ2v) is 9.75. The van der Waals surface area contributed by atoms with Gasteiger partial charge in [-0.05, 0) is 49.6 Å². The third-order valence-corrected chi connectivity index (χ3v) is 7.42. The summed E-state index contributed by atoms with van der Waals surface area (Å²) >= 11 is 0. The molecule has 0 amide bonds. The number of piperidine rings is 1. The predicted molar refractivity (Wildman–Crippen MR) is 117 cm³/mol. The summed E-state index contributed by atoms with van der Waals surface area (Å²) in [6, 6.07) is 12.3. The van der Waals surface area contributed by atoms with Crippen LogP contribution < -0.4 is 14.2 Å². The van der Waals surface area contributed by atoms with Crippen LogP contribution >= 0.6 is 0 Å². The molecule has 0 atom stereocenters. The van der Waals surface area contributed by atoms with Gasteiger partial charge in [0.05, 0.1) is 10.8 Å². The minimum Gasteiger partial charge on any atom is -0.490 e. The fourth-order valence-electron chi connectivity index (χ4n) is 3.79. The number of carbonyl (C=O) groups excluding carboxylic acids is 1. The molecule has 2 aliphatic heterocycles. The van der Waals surface area contributed by atoms with E-state index in [4.69, 9.17) is 18.9 Å². The zero-order chi connectivity index (χ0) is 22.6. The average molecular weight is 462 g/mol. The van der Waals surface area contributed by atoms with Gasteiger partial charge in [0.25, 0.3) is 0 Å². The zero-order valence-electron chi connectivity index (χ0n) is 18.0. The van der Waals surface area contributed by atoms with Crippen molar-refractivity contribution >= 4 is 16.0 Å². The molecule has 1 saturated heterocycles. The number of fused-ring (bicyclic) bond motifs is 1. The quantitative estimate of drug-likeness (QED) is 0.463. The number of hydrogen-bond donors (Lipinski definition) is 0. The lowest BCUT2D eigenvalue weighted by molar-refractivity contribution is -0.150. The Bertz CT molecular complexity index is 1060. The molecule has 2 heterocycles. The summed E-state index contributed by atoms with van der Waals surface area (Å²) in [5.74, 6) is 1.08. The Balaban J connectivity index is 1.25. The highest BCUT2D eigenvalue weighted by Gasteiger charge is 2.33. The number of esters is 1. The number of hydrogen-bond acceptors (Lipinski definition) is 7. The topological polar surface area (TPSA) is 91.4 Å². The van der Waals surface area contributed by atoms with Crippen LogP contribution in [0.25, 0.3) is 0 Å². The van der Waals surface area contributed by atoms with E-state index >= 15 is 0 Å². The molecule has 4 rings (SSSR count). The molecule has 2 aliphatic rings. The number of ether oxygens (including phenoxy) is 4. The fourth-order valence-corrected chi connectivity index (χ4v) is 5.28. The largest absolute Gasteiger partial charge is 0.490 e. The minimum atomic E-state index is -3.67. The lowest BCUT2D eigenvalue weighted by atomic mass is 9.98. The Hall–Kier alpha value is -2.78. The van der Waals surface area contributed by atoms with Gasteiger partial charge in [-0.3, -0.25) is 4.79 Å². The van der Waals surface area contributed by atoms with Crippen molar-refractivity contribution in [1.82, 2.24) is 4.31 Å². The SMILES string of the molecule is Cc1cccc(OCCOC(=O)C2CCN(S(=O)(=O)c3ccc4c(c3)OCCO4)CC2)c1. The van der Waals surface area contributed by atoms with E-state index in [1.807, 2.05) is 31.2 Å². The van der Waals surface area contributed by atoms with Crippen LogP contribution in [0.1, 0.15) is 18.4 Å². The summed E-state index contributed by atoms with van der Waals surface area (Å²) < 4.78 is 49.3. The minimum absolute atomic E-state index is 0.155. The van der Waals surface area contributed by atoms with Crippen molar-refractivity contribution in [2.45, 2.75) is 24.7 Å². The van der Waals surface area contributed by atoms with Gasteiger partial charge < -0.3 is 18.9 Å². The molecule has 0 saturated carbocycles. The molecule has 9 heteroatoms. The van der Waals surface area contributed by atoms with Crippen molar-refractivity contribution < 1.29 is 32.2 Å². The van der Waals surface area contributed by atoms with E-state index in [2.05, 4.69) is 0 Å². The van der Waals surface area contributed by atoms with Crippen molar-refractivity contribution in [3.05, 3.63) is 48.0 Å². The van der Waals surface area contributed by atoms with Crippen molar-refractivity contribution in [1.29, 1.82) is 0 Å². The van der Waals surface area contributed by atoms with Gasteiger partial charge in [-0.15, -0.1) is 0 Å². The first-order chi connectivity index (χ1) is 15.4. The molecule has 0 aliphatic carbocycles. The molecule has 1 fully saturated rings. The standard InChI is InChI=1S/C23H27NO7S/c1-17-3-2-4-19(15-17)28-11-14-31-23(25)18-7-9-24(10-8-18)32(26,27)20-5-6-21-22(16-20)30-13-12-29-21/h2-6,15-16,18H,7-14H2,1H3. The Morgan fingerprint density at radius 1 is 1.03 bits per heavy atom. The number of rotatable bonds is 7. The van der Waals surface area contributed by atoms with Gasteiger partial charge in [-0.25, -0.2) is 8.42 Å². The van der Waals surface area contributed by atoms with Gasteiger partial charge in [0, 0.05) is 19.2 Å². The van der Waals surface area contributed by atoms with Crippen LogP contribution in [0.5, 0.6) is 17.2 Å². The van der Waals surface area contributed by atoms with E-state index in [1.54, 1.807) is 6.07 Å². The molecule has 0 N–H and O–H groups in total.